The van der Waals surface area contributed by atoms with E-state index >= 15 is 0 Å². The van der Waals surface area contributed by atoms with Gasteiger partial charge in [-0.25, -0.2) is 58.3 Å². The summed E-state index contributed by atoms with van der Waals surface area (Å²) in [6.07, 6.45) is 6.54. The number of aromatic hydroxyl groups is 1. The fourth-order valence-corrected chi connectivity index (χ4v) is 18.5. The molecule has 0 spiro atoms. The van der Waals surface area contributed by atoms with Crippen LogP contribution < -0.4 is 14.2 Å². The number of halogens is 5. The van der Waals surface area contributed by atoms with Crippen LogP contribution in [0.5, 0.6) is 23.0 Å². The van der Waals surface area contributed by atoms with Gasteiger partial charge in [-0.3, -0.25) is 0 Å². The highest BCUT2D eigenvalue weighted by Gasteiger charge is 2.33. The zero-order chi connectivity index (χ0) is 84.3. The Balaban J connectivity index is 0.000000137. The summed E-state index contributed by atoms with van der Waals surface area (Å²) in [5.41, 5.74) is 6.39. The molecule has 118 heavy (non-hydrogen) atoms. The number of hydrogen-bond acceptors (Lipinski definition) is 25. The first-order valence-corrected chi connectivity index (χ1v) is 42.2. The molecular formula is C79H69Cl3F2N14O16S4. The largest absolute Gasteiger partial charge is 0.504 e. The van der Waals surface area contributed by atoms with Gasteiger partial charge >= 0.3 is 0 Å². The number of hydrogen-bond donors (Lipinski definition) is 2. The van der Waals surface area contributed by atoms with E-state index in [9.17, 15) is 47.6 Å². The first-order valence-electron chi connectivity index (χ1n) is 35.3. The maximum Gasteiger partial charge on any atom is 0.268 e. The van der Waals surface area contributed by atoms with Gasteiger partial charge in [0.2, 0.25) is 0 Å². The van der Waals surface area contributed by atoms with Crippen molar-refractivity contribution >= 4 is 86.3 Å². The zero-order valence-corrected chi connectivity index (χ0v) is 69.2. The summed E-state index contributed by atoms with van der Waals surface area (Å²) in [5.74, 6) is 0.616. The van der Waals surface area contributed by atoms with E-state index in [0.717, 1.165) is 45.8 Å². The van der Waals surface area contributed by atoms with Crippen molar-refractivity contribution < 1.29 is 79.4 Å². The maximum atomic E-state index is 13.9. The Labute approximate surface area is 689 Å². The number of aromatic amines is 1. The number of ether oxygens (including phenoxy) is 3. The fraction of sp³-hybridized carbons (Fsp3) is 0.177. The van der Waals surface area contributed by atoms with Gasteiger partial charge < -0.3 is 37.0 Å². The Morgan fingerprint density at radius 3 is 1.31 bits per heavy atom. The van der Waals surface area contributed by atoms with E-state index in [4.69, 9.17) is 66.7 Å². The average molecular weight is 1740 g/mol. The molecule has 0 unspecified atom stereocenters. The van der Waals surface area contributed by atoms with Crippen LogP contribution in [0.15, 0.2) is 257 Å². The Morgan fingerprint density at radius 1 is 0.475 bits per heavy atom. The number of aryl methyl sites for hydroxylation is 4. The van der Waals surface area contributed by atoms with Gasteiger partial charge in [0.15, 0.2) is 80.7 Å². The van der Waals surface area contributed by atoms with E-state index in [-0.39, 0.29) is 93.3 Å². The first kappa shape index (κ1) is 83.6. The van der Waals surface area contributed by atoms with Gasteiger partial charge in [-0.15, -0.1) is 20.4 Å². The molecule has 2 aliphatic rings. The van der Waals surface area contributed by atoms with Crippen LogP contribution in [0.25, 0.3) is 57.1 Å². The van der Waals surface area contributed by atoms with E-state index in [1.165, 1.54) is 80.3 Å². The number of rotatable bonds is 22. The van der Waals surface area contributed by atoms with Crippen LogP contribution in [0, 0.1) is 45.2 Å². The lowest BCUT2D eigenvalue weighted by Gasteiger charge is -2.12. The normalized spacial score (nSPS) is 12.7. The summed E-state index contributed by atoms with van der Waals surface area (Å²) in [6.45, 7) is 12.3. The summed E-state index contributed by atoms with van der Waals surface area (Å²) < 4.78 is 177. The minimum atomic E-state index is -4.05. The number of methoxy groups -OCH3 is 3. The van der Waals surface area contributed by atoms with Crippen LogP contribution in [0.3, 0.4) is 0 Å². The summed E-state index contributed by atoms with van der Waals surface area (Å²) in [4.78, 5) is 0.547. The molecule has 2 aliphatic heterocycles. The molecule has 30 nitrogen and oxygen atoms in total. The predicted molar refractivity (Wildman–Crippen MR) is 433 cm³/mol. The summed E-state index contributed by atoms with van der Waals surface area (Å²) in [7, 11) is -11.3. The van der Waals surface area contributed by atoms with E-state index in [2.05, 4.69) is 65.3 Å². The van der Waals surface area contributed by atoms with Crippen molar-refractivity contribution in [1.82, 2.24) is 36.5 Å². The number of phenolic OH excluding ortho intramolecular Hbond substituents is 1. The highest BCUT2D eigenvalue weighted by atomic mass is 35.5. The van der Waals surface area contributed by atoms with Crippen molar-refractivity contribution in [2.45, 2.75) is 74.0 Å². The monoisotopic (exact) mass is 1740 g/mol. The molecule has 0 fully saturated rings. The predicted octanol–water partition coefficient (Wildman–Crippen LogP) is 17.5. The number of benzene rings is 5. The number of nitrogens with zero attached hydrogens (tertiary/aromatic N) is 13. The molecule has 2 N–H and O–H groups in total. The van der Waals surface area contributed by atoms with Crippen molar-refractivity contribution in [3.63, 3.8) is 0 Å². The van der Waals surface area contributed by atoms with Crippen LogP contribution in [-0.2, 0) is 52.9 Å². The summed E-state index contributed by atoms with van der Waals surface area (Å²) >= 11 is 18.8. The Kier molecular flexibility index (Phi) is 24.4. The van der Waals surface area contributed by atoms with Gasteiger partial charge in [-0.2, -0.15) is 15.4 Å². The molecule has 16 rings (SSSR count). The molecule has 5 aromatic carbocycles. The van der Waals surface area contributed by atoms with Crippen LogP contribution in [-0.4, -0.2) is 121 Å². The van der Waals surface area contributed by atoms with Gasteiger partial charge in [0.25, 0.3) is 40.1 Å². The van der Waals surface area contributed by atoms with Crippen LogP contribution >= 0.6 is 34.8 Å². The molecular weight excluding hydrogens is 1670 g/mol. The molecule has 0 bridgehead atoms. The highest BCUT2D eigenvalue weighted by Crippen LogP contribution is 2.46. The number of nitrogens with one attached hydrogen (secondary N) is 1. The smallest absolute Gasteiger partial charge is 0.268 e. The number of H-pyrrole nitrogens is 1. The second-order valence-corrected chi connectivity index (χ2v) is 35.2. The number of phenols is 1. The quantitative estimate of drug-likeness (QED) is 0.0636. The second-order valence-electron chi connectivity index (χ2n) is 26.7. The van der Waals surface area contributed by atoms with Gasteiger partial charge in [-0.05, 0) is 147 Å². The molecule has 39 heteroatoms. The molecule has 0 saturated heterocycles. The van der Waals surface area contributed by atoms with E-state index in [1.807, 2.05) is 33.8 Å². The molecule has 0 aliphatic carbocycles. The third-order valence-corrected chi connectivity index (χ3v) is 25.7. The summed E-state index contributed by atoms with van der Waals surface area (Å²) in [5, 5.41) is 46.9. The Morgan fingerprint density at radius 2 is 0.873 bits per heavy atom. The molecule has 610 valence electrons. The Hall–Kier alpha value is -12.3. The average Bonchev–Trinajstić information content (AvgIpc) is 1.62. The Bertz CT molecular complexity index is 6690. The van der Waals surface area contributed by atoms with Crippen molar-refractivity contribution in [2.24, 2.45) is 36.8 Å². The van der Waals surface area contributed by atoms with Crippen molar-refractivity contribution in [1.29, 1.82) is 0 Å². The van der Waals surface area contributed by atoms with Gasteiger partial charge in [0.1, 0.15) is 53.1 Å². The topological polar surface area (TPSA) is 385 Å². The SMILES string of the molecule is COc1cc(-c2c(CC(C)C)ccn2S(=O)(=O)c2ccc(C)cc2)oc1C1=NN=NC1.COc1cc(-c2c(Cl)ccn2S(=O)(=O)c2ccc(C)cc2)oc1-c1cc(F)cc(F)c1O.COc1cc(-c2c(Cl)ccn2S(=O)(=O)c2ccc(C)cc2)oc1Cc1nn[nH]n1.Cc1ccc(S(=O)(=O)n2ccc(Cl)c2-c2ccc(C3=NN=NC3)o2)cc1. The molecule has 0 atom stereocenters. The number of tetrazole rings is 1. The second kappa shape index (κ2) is 34.5. The molecule has 0 amide bonds. The van der Waals surface area contributed by atoms with E-state index in [1.54, 1.807) is 115 Å². The van der Waals surface area contributed by atoms with Crippen molar-refractivity contribution in [3.05, 3.63) is 266 Å². The van der Waals surface area contributed by atoms with Crippen LogP contribution in [0.1, 0.15) is 64.8 Å². The van der Waals surface area contributed by atoms with Crippen LogP contribution in [0.2, 0.25) is 15.1 Å². The molecule has 0 radical (unpaired) electrons. The highest BCUT2D eigenvalue weighted by molar-refractivity contribution is 7.91. The maximum absolute atomic E-state index is 13.9. The molecule has 11 heterocycles. The fourth-order valence-electron chi connectivity index (χ4n) is 12.2. The molecule has 0 saturated carbocycles. The molecule has 9 aromatic heterocycles. The number of furan rings is 4. The molecule has 14 aromatic rings. The number of aromatic nitrogens is 8. The van der Waals surface area contributed by atoms with Crippen molar-refractivity contribution in [3.8, 4) is 80.1 Å². The van der Waals surface area contributed by atoms with Crippen LogP contribution in [0.4, 0.5) is 8.78 Å². The minimum Gasteiger partial charge on any atom is -0.504 e. The van der Waals surface area contributed by atoms with E-state index < -0.39 is 57.5 Å². The van der Waals surface area contributed by atoms with Gasteiger partial charge in [0.05, 0.1) is 68.0 Å². The summed E-state index contributed by atoms with van der Waals surface area (Å²) in [6, 6.07) is 41.7. The lowest BCUT2D eigenvalue weighted by Crippen LogP contribution is -2.14. The van der Waals surface area contributed by atoms with E-state index in [0.29, 0.717) is 88.2 Å². The lowest BCUT2D eigenvalue weighted by molar-refractivity contribution is 0.394. The van der Waals surface area contributed by atoms with Gasteiger partial charge in [-0.1, -0.05) is 125 Å². The third kappa shape index (κ3) is 17.3. The third-order valence-electron chi connectivity index (χ3n) is 18.1. The first-order chi connectivity index (χ1) is 56.3. The minimum absolute atomic E-state index is 0.0110. The lowest BCUT2D eigenvalue weighted by atomic mass is 10.0. The van der Waals surface area contributed by atoms with Crippen molar-refractivity contribution in [2.75, 3.05) is 34.4 Å². The standard InChI is InChI=1S/C22H16ClF2NO5S.C22H24N4O4S.C18H16ClN5O4S.C17H13ClN4O3S/c1-12-3-5-14(6-4-12)32(28,29)26-8-7-16(23)20(26)18-11-19(30-2)22(31-18)15-9-13(24)10-17(25)21(15)27;1-14(2)11-16-9-10-26(31(27,28)17-7-5-15(3)6-8-17)21(16)19-12-20(29-4)22(30-19)18-13-23-25-24-18;1-11-3-5-12(6-4-11)29(25,26)24-8-7-13(19)18(24)16-9-14(27-2)15(28-16)10-17-20-22-23-21-17;1-11-2-4-12(5-3-11)26(23,24)22-9-8-13(18)17(22)16-7-6-15(25-16)14-10-19-21-20-14/h3-11,27H,1-2H3;5-10,12,14H,11,13H2,1-4H3;3-9H,10H2,1-2H3,(H,20,21,22,23);2-9H,10H2,1H3. The zero-order valence-electron chi connectivity index (χ0n) is 63.7. The van der Waals surface area contributed by atoms with Gasteiger partial charge in [0, 0.05) is 49.1 Å².